The second-order valence-corrected chi connectivity index (χ2v) is 14.1. The van der Waals surface area contributed by atoms with Crippen LogP contribution >= 0.6 is 0 Å². The van der Waals surface area contributed by atoms with Crippen LogP contribution in [0.1, 0.15) is 39.9 Å². The fraction of sp³-hybridized carbons (Fsp3) is 0.364. The molecule has 0 aliphatic carbocycles. The van der Waals surface area contributed by atoms with Crippen LogP contribution in [-0.4, -0.2) is 89.6 Å². The Balaban J connectivity index is 0.000000298. The monoisotopic (exact) mass is 685 g/mol. The number of hydrogen-bond acceptors (Lipinski definition) is 9. The van der Waals surface area contributed by atoms with Crippen LogP contribution in [0.4, 0.5) is 0 Å². The van der Waals surface area contributed by atoms with E-state index >= 15 is 0 Å². The van der Waals surface area contributed by atoms with Gasteiger partial charge in [0, 0.05) is 60.5 Å². The van der Waals surface area contributed by atoms with Crippen molar-refractivity contribution in [1.82, 2.24) is 15.1 Å². The standard InChI is InChI=1S/C25H27N3O5.C6H6O3S.C2H6OS/c29-23-9-8-21(24(30)26-23)28-15-20-19(25(28)31)2-1-3-22(20)33-16-18-6-4-17(5-7-18)14-27-10-12-32-13-11-27;7-10(8,9)6-4-2-1-3-5-6;1-4(2)3/h1-7,21H,8-16H2,(H,26,29,30);1-5H,(H,7,8,9);1-2H3/t21-;;/m0../s1. The Bertz CT molecular complexity index is 1670. The molecule has 12 nitrogen and oxygen atoms in total. The van der Waals surface area contributed by atoms with Crippen LogP contribution in [0.25, 0.3) is 0 Å². The van der Waals surface area contributed by atoms with Gasteiger partial charge in [-0.25, -0.2) is 0 Å². The molecule has 0 bridgehead atoms. The molecule has 0 aromatic heterocycles. The zero-order valence-corrected chi connectivity index (χ0v) is 27.9. The number of imide groups is 1. The van der Waals surface area contributed by atoms with Crippen molar-refractivity contribution in [2.45, 2.75) is 43.5 Å². The Morgan fingerprint density at radius 1 is 0.936 bits per heavy atom. The quantitative estimate of drug-likeness (QED) is 0.280. The molecule has 3 aromatic rings. The lowest BCUT2D eigenvalue weighted by atomic mass is 10.0. The SMILES string of the molecule is CS(C)=O.O=C1CC[C@H](N2Cc3c(OCc4ccc(CN5CCOCC5)cc4)cccc3C2=O)C(=O)N1.O=S(=O)(O)c1ccccc1. The summed E-state index contributed by atoms with van der Waals surface area (Å²) in [6.07, 6.45) is 3.86. The number of piperidine rings is 1. The third-order valence-electron chi connectivity index (χ3n) is 7.51. The third kappa shape index (κ3) is 10.5. The molecule has 2 fully saturated rings. The Kier molecular flexibility index (Phi) is 12.8. The highest BCUT2D eigenvalue weighted by Crippen LogP contribution is 2.34. The molecule has 2 saturated heterocycles. The lowest BCUT2D eigenvalue weighted by Crippen LogP contribution is -2.52. The first-order valence-corrected chi connectivity index (χ1v) is 18.4. The van der Waals surface area contributed by atoms with Gasteiger partial charge >= 0.3 is 0 Å². The molecule has 0 saturated carbocycles. The first-order chi connectivity index (χ1) is 22.4. The zero-order chi connectivity index (χ0) is 34.0. The van der Waals surface area contributed by atoms with Crippen molar-refractivity contribution < 1.29 is 41.0 Å². The van der Waals surface area contributed by atoms with Gasteiger partial charge in [-0.1, -0.05) is 48.5 Å². The number of carbonyl (C=O) groups is 3. The molecule has 3 amide bonds. The highest BCUT2D eigenvalue weighted by molar-refractivity contribution is 7.85. The first kappa shape index (κ1) is 35.9. The number of carbonyl (C=O) groups excluding carboxylic acids is 3. The summed E-state index contributed by atoms with van der Waals surface area (Å²) in [7, 11) is -4.61. The summed E-state index contributed by atoms with van der Waals surface area (Å²) in [5, 5.41) is 2.33. The molecule has 47 heavy (non-hydrogen) atoms. The normalized spacial score (nSPS) is 18.0. The number of nitrogens with one attached hydrogen (secondary N) is 1. The molecule has 3 aromatic carbocycles. The number of amides is 3. The number of benzene rings is 3. The van der Waals surface area contributed by atoms with Gasteiger partial charge in [-0.15, -0.1) is 0 Å². The summed E-state index contributed by atoms with van der Waals surface area (Å²) < 4.78 is 50.3. The number of fused-ring (bicyclic) bond motifs is 1. The summed E-state index contributed by atoms with van der Waals surface area (Å²) >= 11 is 0. The third-order valence-corrected chi connectivity index (χ3v) is 8.38. The van der Waals surface area contributed by atoms with Gasteiger partial charge in [0.15, 0.2) is 0 Å². The summed E-state index contributed by atoms with van der Waals surface area (Å²) in [4.78, 5) is 40.5. The minimum Gasteiger partial charge on any atom is -0.489 e. The Labute approximate surface area is 277 Å². The predicted molar refractivity (Wildman–Crippen MR) is 176 cm³/mol. The fourth-order valence-electron chi connectivity index (χ4n) is 5.20. The smallest absolute Gasteiger partial charge is 0.294 e. The van der Waals surface area contributed by atoms with Crippen LogP contribution in [0.15, 0.2) is 77.7 Å². The molecular weight excluding hydrogens is 647 g/mol. The molecule has 0 radical (unpaired) electrons. The lowest BCUT2D eigenvalue weighted by molar-refractivity contribution is -0.136. The molecule has 3 aliphatic heterocycles. The van der Waals surface area contributed by atoms with Crippen molar-refractivity contribution in [2.75, 3.05) is 38.8 Å². The number of nitrogens with zero attached hydrogens (tertiary/aromatic N) is 2. The molecular formula is C33H39N3O9S2. The fourth-order valence-corrected chi connectivity index (χ4v) is 5.71. The topological polar surface area (TPSA) is 160 Å². The van der Waals surface area contributed by atoms with E-state index in [0.717, 1.165) is 44.0 Å². The molecule has 6 rings (SSSR count). The van der Waals surface area contributed by atoms with Gasteiger partial charge in [-0.2, -0.15) is 8.42 Å². The molecule has 252 valence electrons. The Morgan fingerprint density at radius 3 is 2.17 bits per heavy atom. The van der Waals surface area contributed by atoms with E-state index in [1.807, 2.05) is 6.07 Å². The highest BCUT2D eigenvalue weighted by atomic mass is 32.2. The van der Waals surface area contributed by atoms with E-state index in [2.05, 4.69) is 34.5 Å². The van der Waals surface area contributed by atoms with Crippen molar-refractivity contribution >= 4 is 38.6 Å². The van der Waals surface area contributed by atoms with Gasteiger partial charge in [-0.3, -0.25) is 33.4 Å². The van der Waals surface area contributed by atoms with Gasteiger partial charge in [0.1, 0.15) is 18.4 Å². The van der Waals surface area contributed by atoms with Crippen molar-refractivity contribution in [3.63, 3.8) is 0 Å². The maximum atomic E-state index is 12.9. The summed E-state index contributed by atoms with van der Waals surface area (Å²) in [6, 6.07) is 20.6. The minimum atomic E-state index is -4.00. The zero-order valence-electron chi connectivity index (χ0n) is 26.3. The molecule has 14 heteroatoms. The van der Waals surface area contributed by atoms with Crippen molar-refractivity contribution in [3.8, 4) is 5.75 Å². The summed E-state index contributed by atoms with van der Waals surface area (Å²) in [5.74, 6) is -0.252. The average Bonchev–Trinajstić information content (AvgIpc) is 3.38. The van der Waals surface area contributed by atoms with Crippen LogP contribution in [0, 0.1) is 0 Å². The summed E-state index contributed by atoms with van der Waals surface area (Å²) in [5.41, 5.74) is 3.64. The van der Waals surface area contributed by atoms with E-state index in [4.69, 9.17) is 14.0 Å². The Hall–Kier alpha value is -3.95. The van der Waals surface area contributed by atoms with Crippen LogP contribution in [0.3, 0.4) is 0 Å². The first-order valence-electron chi connectivity index (χ1n) is 15.0. The molecule has 2 N–H and O–H groups in total. The maximum Gasteiger partial charge on any atom is 0.294 e. The number of rotatable bonds is 7. The second-order valence-electron chi connectivity index (χ2n) is 11.2. The molecule has 3 aliphatic rings. The van der Waals surface area contributed by atoms with Crippen molar-refractivity contribution in [1.29, 1.82) is 0 Å². The highest BCUT2D eigenvalue weighted by Gasteiger charge is 2.40. The van der Waals surface area contributed by atoms with E-state index < -0.39 is 32.9 Å². The largest absolute Gasteiger partial charge is 0.489 e. The van der Waals surface area contributed by atoms with Gasteiger partial charge in [-0.05, 0) is 41.8 Å². The molecule has 0 spiro atoms. The van der Waals surface area contributed by atoms with Crippen LogP contribution in [0.2, 0.25) is 0 Å². The van der Waals surface area contributed by atoms with Gasteiger partial charge in [0.2, 0.25) is 11.8 Å². The lowest BCUT2D eigenvalue weighted by Gasteiger charge is -2.29. The van der Waals surface area contributed by atoms with Crippen molar-refractivity contribution in [2.24, 2.45) is 0 Å². The predicted octanol–water partition coefficient (Wildman–Crippen LogP) is 2.79. The van der Waals surface area contributed by atoms with Crippen LogP contribution in [0.5, 0.6) is 5.75 Å². The van der Waals surface area contributed by atoms with E-state index in [1.54, 1.807) is 47.7 Å². The average molecular weight is 686 g/mol. The van der Waals surface area contributed by atoms with E-state index in [9.17, 15) is 27.0 Å². The van der Waals surface area contributed by atoms with Gasteiger partial charge in [0.05, 0.1) is 24.7 Å². The van der Waals surface area contributed by atoms with Crippen molar-refractivity contribution in [3.05, 3.63) is 95.1 Å². The summed E-state index contributed by atoms with van der Waals surface area (Å²) in [6.45, 7) is 5.09. The molecule has 1 atom stereocenters. The second kappa shape index (κ2) is 16.7. The number of morpholine rings is 1. The molecule has 3 heterocycles. The number of ether oxygens (including phenoxy) is 2. The molecule has 0 unspecified atom stereocenters. The van der Waals surface area contributed by atoms with Crippen LogP contribution in [-0.2, 0) is 54.9 Å². The van der Waals surface area contributed by atoms with E-state index in [1.165, 1.54) is 17.7 Å². The van der Waals surface area contributed by atoms with Gasteiger partial charge in [0.25, 0.3) is 16.0 Å². The van der Waals surface area contributed by atoms with Gasteiger partial charge < -0.3 is 14.4 Å². The van der Waals surface area contributed by atoms with E-state index in [-0.39, 0.29) is 23.1 Å². The maximum absolute atomic E-state index is 12.9. The Morgan fingerprint density at radius 2 is 1.57 bits per heavy atom. The minimum absolute atomic E-state index is 0.0741. The number of hydrogen-bond donors (Lipinski definition) is 2. The van der Waals surface area contributed by atoms with E-state index in [0.29, 0.717) is 30.9 Å². The van der Waals surface area contributed by atoms with Crippen LogP contribution < -0.4 is 10.1 Å².